The van der Waals surface area contributed by atoms with E-state index >= 15 is 0 Å². The molecular formula is C41H58N3+. The number of benzene rings is 2. The first-order valence-corrected chi connectivity index (χ1v) is 17.2. The van der Waals surface area contributed by atoms with Crippen molar-refractivity contribution in [2.75, 3.05) is 50.1 Å². The molecule has 0 aromatic heterocycles. The summed E-state index contributed by atoms with van der Waals surface area (Å²) in [7, 11) is 4.18. The van der Waals surface area contributed by atoms with E-state index in [1.807, 2.05) is 0 Å². The normalized spacial score (nSPS) is 13.0. The Morgan fingerprint density at radius 1 is 0.591 bits per heavy atom. The van der Waals surface area contributed by atoms with Crippen molar-refractivity contribution in [3.8, 4) is 0 Å². The summed E-state index contributed by atoms with van der Waals surface area (Å²) < 4.78 is 2.15. The summed E-state index contributed by atoms with van der Waals surface area (Å²) in [6.45, 7) is 13.6. The van der Waals surface area contributed by atoms with Crippen LogP contribution in [0.2, 0.25) is 0 Å². The summed E-state index contributed by atoms with van der Waals surface area (Å²) in [5.41, 5.74) is 8.80. The van der Waals surface area contributed by atoms with Crippen LogP contribution in [0.25, 0.3) is 11.6 Å². The second-order valence-electron chi connectivity index (χ2n) is 12.1. The van der Waals surface area contributed by atoms with Gasteiger partial charge in [0.1, 0.15) is 14.1 Å². The van der Waals surface area contributed by atoms with Gasteiger partial charge in [-0.3, -0.25) is 0 Å². The number of rotatable bonds is 18. The van der Waals surface area contributed by atoms with Crippen LogP contribution in [0.15, 0.2) is 96.6 Å². The lowest BCUT2D eigenvalue weighted by molar-refractivity contribution is -0.462. The summed E-state index contributed by atoms with van der Waals surface area (Å²) >= 11 is 0. The van der Waals surface area contributed by atoms with Gasteiger partial charge in [0.2, 0.25) is 0 Å². The van der Waals surface area contributed by atoms with Gasteiger partial charge in [0.05, 0.1) is 0 Å². The zero-order chi connectivity index (χ0) is 31.6. The molecule has 0 radical (unpaired) electrons. The maximum absolute atomic E-state index is 2.55. The summed E-state index contributed by atoms with van der Waals surface area (Å²) in [6, 6.07) is 18.3. The van der Waals surface area contributed by atoms with Crippen molar-refractivity contribution < 1.29 is 4.58 Å². The van der Waals surface area contributed by atoms with E-state index in [4.69, 9.17) is 0 Å². The first-order valence-electron chi connectivity index (χ1n) is 17.2. The Morgan fingerprint density at radius 3 is 1.48 bits per heavy atom. The van der Waals surface area contributed by atoms with E-state index in [9.17, 15) is 0 Å². The second kappa shape index (κ2) is 19.6. The Kier molecular flexibility index (Phi) is 15.6. The molecule has 0 saturated heterocycles. The molecule has 3 heteroatoms. The predicted octanol–water partition coefficient (Wildman–Crippen LogP) is 10.4. The van der Waals surface area contributed by atoms with Crippen LogP contribution in [-0.2, 0) is 0 Å². The molecule has 0 spiro atoms. The molecule has 3 nitrogen and oxygen atoms in total. The van der Waals surface area contributed by atoms with Crippen molar-refractivity contribution in [1.82, 2.24) is 0 Å². The summed E-state index contributed by atoms with van der Waals surface area (Å²) in [6.07, 6.45) is 27.6. The minimum absolute atomic E-state index is 1.12. The predicted molar refractivity (Wildman–Crippen MR) is 197 cm³/mol. The molecule has 2 aromatic carbocycles. The van der Waals surface area contributed by atoms with Crippen LogP contribution >= 0.6 is 0 Å². The van der Waals surface area contributed by atoms with E-state index in [0.717, 1.165) is 26.2 Å². The lowest BCUT2D eigenvalue weighted by atomic mass is 9.95. The molecule has 0 fully saturated rings. The fourth-order valence-electron chi connectivity index (χ4n) is 5.40. The van der Waals surface area contributed by atoms with Crippen molar-refractivity contribution in [2.45, 2.75) is 79.1 Å². The molecule has 3 rings (SSSR count). The highest BCUT2D eigenvalue weighted by atomic mass is 15.1. The maximum Gasteiger partial charge on any atom is 0.199 e. The molecule has 0 unspecified atom stereocenters. The molecule has 1 aliphatic carbocycles. The summed E-state index contributed by atoms with van der Waals surface area (Å²) in [5.74, 6) is 0. The standard InChI is InChI=1S/C41H58N3/c1-7-11-31-43(32-12-8-2)39-25-19-35(20-26-39)17-15-16-18-41(36-21-27-38(28-22-36)42(5)6)37-23-29-40(30-24-37)44(33-13-9-3)34-14-10-4/h15-30H,7-14,31-34H2,1-6H3/q+1. The molecule has 236 valence electrons. The lowest BCUT2D eigenvalue weighted by Gasteiger charge is -2.25. The van der Waals surface area contributed by atoms with Crippen molar-refractivity contribution in [1.29, 1.82) is 0 Å². The van der Waals surface area contributed by atoms with E-state index in [0.29, 0.717) is 0 Å². The number of hydrogen-bond acceptors (Lipinski definition) is 2. The fraction of sp³-hybridized carbons (Fsp3) is 0.439. The first-order chi connectivity index (χ1) is 21.5. The van der Waals surface area contributed by atoms with Gasteiger partial charge in [0.15, 0.2) is 5.71 Å². The van der Waals surface area contributed by atoms with Crippen LogP contribution in [0.5, 0.6) is 0 Å². The van der Waals surface area contributed by atoms with Crippen molar-refractivity contribution in [3.05, 3.63) is 108 Å². The highest BCUT2D eigenvalue weighted by Crippen LogP contribution is 2.27. The van der Waals surface area contributed by atoms with Crippen LogP contribution in [0, 0.1) is 0 Å². The highest BCUT2D eigenvalue weighted by molar-refractivity contribution is 6.03. The monoisotopic (exact) mass is 592 g/mol. The van der Waals surface area contributed by atoms with Gasteiger partial charge >= 0.3 is 0 Å². The quantitative estimate of drug-likeness (QED) is 0.126. The van der Waals surface area contributed by atoms with Gasteiger partial charge < -0.3 is 9.80 Å². The van der Waals surface area contributed by atoms with E-state index in [1.165, 1.54) is 90.7 Å². The lowest BCUT2D eigenvalue weighted by Crippen LogP contribution is -2.25. The third-order valence-electron chi connectivity index (χ3n) is 8.29. The van der Waals surface area contributed by atoms with Crippen molar-refractivity contribution in [3.63, 3.8) is 0 Å². The Hall–Kier alpha value is -3.59. The van der Waals surface area contributed by atoms with Gasteiger partial charge in [0.25, 0.3) is 0 Å². The largest absolute Gasteiger partial charge is 0.372 e. The van der Waals surface area contributed by atoms with E-state index in [1.54, 1.807) is 0 Å². The van der Waals surface area contributed by atoms with E-state index in [-0.39, 0.29) is 0 Å². The second-order valence-corrected chi connectivity index (χ2v) is 12.1. The molecule has 0 N–H and O–H groups in total. The third kappa shape index (κ3) is 11.2. The number of allylic oxidation sites excluding steroid dienone is 9. The average molecular weight is 593 g/mol. The number of nitrogens with zero attached hydrogens (tertiary/aromatic N) is 3. The molecule has 44 heavy (non-hydrogen) atoms. The molecule has 2 aromatic rings. The van der Waals surface area contributed by atoms with Crippen LogP contribution in [0.1, 0.15) is 90.2 Å². The van der Waals surface area contributed by atoms with Gasteiger partial charge in [-0.1, -0.05) is 102 Å². The van der Waals surface area contributed by atoms with Crippen molar-refractivity contribution >= 4 is 28.7 Å². The Labute approximate surface area is 269 Å². The van der Waals surface area contributed by atoms with Gasteiger partial charge in [-0.25, -0.2) is 4.58 Å². The molecule has 0 aliphatic heterocycles. The van der Waals surface area contributed by atoms with Gasteiger partial charge in [-0.05, 0) is 84.4 Å². The molecule has 0 heterocycles. The number of hydrogen-bond donors (Lipinski definition) is 0. The summed E-state index contributed by atoms with van der Waals surface area (Å²) in [4.78, 5) is 5.10. The van der Waals surface area contributed by atoms with Gasteiger partial charge in [-0.15, -0.1) is 0 Å². The molecule has 0 saturated carbocycles. The molecular weight excluding hydrogens is 534 g/mol. The fourth-order valence-corrected chi connectivity index (χ4v) is 5.40. The Bertz CT molecular complexity index is 1260. The van der Waals surface area contributed by atoms with Gasteiger partial charge in [0, 0.05) is 49.7 Å². The van der Waals surface area contributed by atoms with Crippen molar-refractivity contribution in [2.24, 2.45) is 0 Å². The minimum Gasteiger partial charge on any atom is -0.372 e. The Morgan fingerprint density at radius 2 is 1.05 bits per heavy atom. The topological polar surface area (TPSA) is 9.49 Å². The van der Waals surface area contributed by atoms with Crippen LogP contribution in [0.4, 0.5) is 11.4 Å². The van der Waals surface area contributed by atoms with Crippen LogP contribution < -0.4 is 9.80 Å². The minimum atomic E-state index is 1.12. The SMILES string of the molecule is CCCCN(CCCC)c1ccc(/C=C/C=C/C(=C2C=CC(=[N+](C)C)C=C2)c2ccc(N(CCCC)CCCC)cc2)cc1. The molecule has 1 aliphatic rings. The average Bonchev–Trinajstić information content (AvgIpc) is 3.05. The third-order valence-corrected chi connectivity index (χ3v) is 8.29. The van der Waals surface area contributed by atoms with E-state index in [2.05, 4.69) is 153 Å². The van der Waals surface area contributed by atoms with Crippen LogP contribution in [0.3, 0.4) is 0 Å². The van der Waals surface area contributed by atoms with Crippen LogP contribution in [-0.4, -0.2) is 50.6 Å². The molecule has 0 atom stereocenters. The summed E-state index contributed by atoms with van der Waals surface area (Å²) in [5, 5.41) is 0. The zero-order valence-corrected chi connectivity index (χ0v) is 28.6. The molecule has 0 amide bonds. The number of anilines is 2. The smallest absolute Gasteiger partial charge is 0.199 e. The zero-order valence-electron chi connectivity index (χ0n) is 28.6. The van der Waals surface area contributed by atoms with Gasteiger partial charge in [-0.2, -0.15) is 0 Å². The first kappa shape index (κ1) is 34.9. The molecule has 0 bridgehead atoms. The highest BCUT2D eigenvalue weighted by Gasteiger charge is 2.11. The number of unbranched alkanes of at least 4 members (excludes halogenated alkanes) is 4. The van der Waals surface area contributed by atoms with E-state index < -0.39 is 0 Å². The Balaban J connectivity index is 1.83. The maximum atomic E-state index is 2.55.